The molecule has 2 unspecified atom stereocenters. The van der Waals surface area contributed by atoms with Gasteiger partial charge < -0.3 is 9.57 Å². The van der Waals surface area contributed by atoms with Crippen molar-refractivity contribution < 1.29 is 24.0 Å². The Morgan fingerprint density at radius 3 is 2.27 bits per heavy atom. The van der Waals surface area contributed by atoms with Gasteiger partial charge >= 0.3 is 5.97 Å². The van der Waals surface area contributed by atoms with Crippen molar-refractivity contribution in [2.24, 2.45) is 5.92 Å². The summed E-state index contributed by atoms with van der Waals surface area (Å²) in [6, 6.07) is 6.42. The Morgan fingerprint density at radius 1 is 1.09 bits per heavy atom. The topological polar surface area (TPSA) is 72.9 Å². The molecule has 116 valence electrons. The van der Waals surface area contributed by atoms with Gasteiger partial charge in [-0.05, 0) is 25.0 Å². The molecule has 1 fully saturated rings. The predicted molar refractivity (Wildman–Crippen MR) is 75.8 cm³/mol. The van der Waals surface area contributed by atoms with Crippen molar-refractivity contribution in [1.82, 2.24) is 5.06 Å². The molecule has 6 heteroatoms. The maximum Gasteiger partial charge on any atom is 0.338 e. The lowest BCUT2D eigenvalue weighted by Crippen LogP contribution is -2.40. The van der Waals surface area contributed by atoms with Crippen molar-refractivity contribution in [2.75, 3.05) is 7.11 Å². The second-order valence-electron chi connectivity index (χ2n) is 5.53. The van der Waals surface area contributed by atoms with E-state index in [0.29, 0.717) is 11.5 Å². The molecule has 2 atom stereocenters. The Balaban J connectivity index is 1.75. The maximum atomic E-state index is 12.3. The van der Waals surface area contributed by atoms with Crippen LogP contribution >= 0.6 is 0 Å². The molecule has 22 heavy (non-hydrogen) atoms. The number of rotatable bonds is 3. The van der Waals surface area contributed by atoms with Gasteiger partial charge in [0.2, 0.25) is 0 Å². The maximum absolute atomic E-state index is 12.3. The summed E-state index contributed by atoms with van der Waals surface area (Å²) >= 11 is 0. The number of imide groups is 1. The van der Waals surface area contributed by atoms with Gasteiger partial charge in [0.05, 0.1) is 23.1 Å². The molecule has 3 rings (SSSR count). The standard InChI is InChI=1S/C16H17NO5/c1-21-13-9-5-4-8-12(13)16(20)22-17-14(18)10-6-2-3-7-11(10)15(17)19/h2-3,6-7,12-13H,4-5,8-9H2,1H3. The highest BCUT2D eigenvalue weighted by molar-refractivity contribution is 6.20. The Hall–Kier alpha value is -2.21. The first-order chi connectivity index (χ1) is 10.6. The van der Waals surface area contributed by atoms with E-state index in [2.05, 4.69) is 0 Å². The van der Waals surface area contributed by atoms with Gasteiger partial charge in [-0.3, -0.25) is 9.59 Å². The van der Waals surface area contributed by atoms with E-state index in [4.69, 9.17) is 9.57 Å². The molecule has 2 aliphatic rings. The van der Waals surface area contributed by atoms with Crippen molar-refractivity contribution in [1.29, 1.82) is 0 Å². The number of carbonyl (C=O) groups excluding carboxylic acids is 3. The molecule has 2 amide bonds. The average molecular weight is 303 g/mol. The number of hydroxylamine groups is 2. The highest BCUT2D eigenvalue weighted by Gasteiger charge is 2.41. The van der Waals surface area contributed by atoms with Crippen LogP contribution in [0.15, 0.2) is 24.3 Å². The molecule has 0 N–H and O–H groups in total. The molecule has 0 bridgehead atoms. The number of ether oxygens (including phenoxy) is 1. The van der Waals surface area contributed by atoms with E-state index in [9.17, 15) is 14.4 Å². The minimum atomic E-state index is -0.598. The minimum Gasteiger partial charge on any atom is -0.381 e. The van der Waals surface area contributed by atoms with Gasteiger partial charge in [-0.1, -0.05) is 30.0 Å². The summed E-state index contributed by atoms with van der Waals surface area (Å²) in [7, 11) is 1.55. The average Bonchev–Trinajstić information content (AvgIpc) is 2.80. The zero-order valence-electron chi connectivity index (χ0n) is 12.3. The van der Waals surface area contributed by atoms with Crippen LogP contribution in [0.2, 0.25) is 0 Å². The molecule has 1 heterocycles. The second-order valence-corrected chi connectivity index (χ2v) is 5.53. The van der Waals surface area contributed by atoms with E-state index in [1.807, 2.05) is 0 Å². The molecule has 1 aromatic rings. The van der Waals surface area contributed by atoms with Crippen LogP contribution in [0.1, 0.15) is 46.4 Å². The fourth-order valence-corrected chi connectivity index (χ4v) is 3.06. The van der Waals surface area contributed by atoms with Gasteiger partial charge in [0.25, 0.3) is 11.8 Å². The van der Waals surface area contributed by atoms with E-state index >= 15 is 0 Å². The molecule has 0 saturated heterocycles. The normalized spacial score (nSPS) is 24.3. The van der Waals surface area contributed by atoms with Crippen molar-refractivity contribution in [3.63, 3.8) is 0 Å². The van der Waals surface area contributed by atoms with Crippen LogP contribution in [0, 0.1) is 5.92 Å². The number of methoxy groups -OCH3 is 1. The van der Waals surface area contributed by atoms with Gasteiger partial charge in [-0.25, -0.2) is 4.79 Å². The van der Waals surface area contributed by atoms with E-state index < -0.39 is 23.7 Å². The predicted octanol–water partition coefficient (Wildman–Crippen LogP) is 1.95. The lowest BCUT2D eigenvalue weighted by molar-refractivity contribution is -0.180. The number of benzene rings is 1. The number of carbonyl (C=O) groups is 3. The third-order valence-corrected chi connectivity index (χ3v) is 4.25. The first-order valence-corrected chi connectivity index (χ1v) is 7.36. The quantitative estimate of drug-likeness (QED) is 0.798. The smallest absolute Gasteiger partial charge is 0.338 e. The molecule has 1 aliphatic heterocycles. The third-order valence-electron chi connectivity index (χ3n) is 4.25. The summed E-state index contributed by atoms with van der Waals surface area (Å²) in [6.07, 6.45) is 3.09. The van der Waals surface area contributed by atoms with Crippen molar-refractivity contribution in [2.45, 2.75) is 31.8 Å². The second kappa shape index (κ2) is 5.88. The molecule has 6 nitrogen and oxygen atoms in total. The van der Waals surface area contributed by atoms with Crippen molar-refractivity contribution >= 4 is 17.8 Å². The number of nitrogens with zero attached hydrogens (tertiary/aromatic N) is 1. The van der Waals surface area contributed by atoms with Gasteiger partial charge in [-0.15, -0.1) is 0 Å². The van der Waals surface area contributed by atoms with Gasteiger partial charge in [-0.2, -0.15) is 0 Å². The Morgan fingerprint density at radius 2 is 1.68 bits per heavy atom. The number of fused-ring (bicyclic) bond motifs is 1. The summed E-state index contributed by atoms with van der Waals surface area (Å²) in [5.74, 6) is -2.22. The lowest BCUT2D eigenvalue weighted by Gasteiger charge is -2.29. The first-order valence-electron chi connectivity index (χ1n) is 7.36. The highest BCUT2D eigenvalue weighted by atomic mass is 16.7. The third kappa shape index (κ3) is 2.39. The molecular formula is C16H17NO5. The van der Waals surface area contributed by atoms with E-state index in [1.54, 1.807) is 31.4 Å². The Labute approximate surface area is 127 Å². The van der Waals surface area contributed by atoms with Crippen molar-refractivity contribution in [3.8, 4) is 0 Å². The summed E-state index contributed by atoms with van der Waals surface area (Å²) < 4.78 is 5.32. The monoisotopic (exact) mass is 303 g/mol. The fourth-order valence-electron chi connectivity index (χ4n) is 3.06. The molecule has 0 spiro atoms. The van der Waals surface area contributed by atoms with Crippen LogP contribution < -0.4 is 0 Å². The van der Waals surface area contributed by atoms with Crippen LogP contribution in [0.25, 0.3) is 0 Å². The SMILES string of the molecule is COC1CCCCC1C(=O)ON1C(=O)c2ccccc2C1=O. The minimum absolute atomic E-state index is 0.226. The van der Waals surface area contributed by atoms with Crippen LogP contribution in [-0.4, -0.2) is 36.1 Å². The largest absolute Gasteiger partial charge is 0.381 e. The first kappa shape index (κ1) is 14.7. The van der Waals surface area contributed by atoms with Gasteiger partial charge in [0, 0.05) is 7.11 Å². The molecule has 1 aromatic carbocycles. The summed E-state index contributed by atoms with van der Waals surface area (Å²) in [4.78, 5) is 41.8. The number of hydrogen-bond donors (Lipinski definition) is 0. The van der Waals surface area contributed by atoms with Crippen molar-refractivity contribution in [3.05, 3.63) is 35.4 Å². The molecule has 0 radical (unpaired) electrons. The van der Waals surface area contributed by atoms with Crippen LogP contribution in [0.4, 0.5) is 0 Å². The van der Waals surface area contributed by atoms with Crippen LogP contribution in [-0.2, 0) is 14.4 Å². The van der Waals surface area contributed by atoms with E-state index in [0.717, 1.165) is 19.3 Å². The molecule has 1 saturated carbocycles. The summed E-state index contributed by atoms with van der Waals surface area (Å²) in [5, 5.41) is 0.564. The zero-order valence-corrected chi connectivity index (χ0v) is 12.3. The Kier molecular flexibility index (Phi) is 3.94. The molecule has 0 aromatic heterocycles. The number of amides is 2. The lowest BCUT2D eigenvalue weighted by atomic mass is 9.86. The van der Waals surface area contributed by atoms with Crippen LogP contribution in [0.3, 0.4) is 0 Å². The zero-order chi connectivity index (χ0) is 15.7. The summed E-state index contributed by atoms with van der Waals surface area (Å²) in [6.45, 7) is 0. The van der Waals surface area contributed by atoms with Gasteiger partial charge in [0.15, 0.2) is 0 Å². The molecule has 1 aliphatic carbocycles. The highest BCUT2D eigenvalue weighted by Crippen LogP contribution is 2.29. The van der Waals surface area contributed by atoms with Crippen LogP contribution in [0.5, 0.6) is 0 Å². The van der Waals surface area contributed by atoms with E-state index in [-0.39, 0.29) is 17.2 Å². The Bertz CT molecular complexity index is 592. The fraction of sp³-hybridized carbons (Fsp3) is 0.438. The molecular weight excluding hydrogens is 286 g/mol. The summed E-state index contributed by atoms with van der Waals surface area (Å²) in [5.41, 5.74) is 0.513. The van der Waals surface area contributed by atoms with Gasteiger partial charge in [0.1, 0.15) is 0 Å². The van der Waals surface area contributed by atoms with E-state index in [1.165, 1.54) is 0 Å². The number of hydrogen-bond acceptors (Lipinski definition) is 5.